The third-order valence-corrected chi connectivity index (χ3v) is 6.87. The van der Waals surface area contributed by atoms with Gasteiger partial charge < -0.3 is 9.47 Å². The fourth-order valence-electron chi connectivity index (χ4n) is 4.38. The molecule has 0 aromatic rings. The van der Waals surface area contributed by atoms with Crippen molar-refractivity contribution in [3.63, 3.8) is 0 Å². The molecule has 0 heterocycles. The highest BCUT2D eigenvalue weighted by atomic mass is 16.5. The van der Waals surface area contributed by atoms with Crippen molar-refractivity contribution < 1.29 is 19.1 Å². The Labute approximate surface area is 218 Å². The molecule has 0 aliphatic rings. The molecule has 0 aromatic heterocycles. The van der Waals surface area contributed by atoms with Crippen molar-refractivity contribution in [3.8, 4) is 0 Å². The van der Waals surface area contributed by atoms with Gasteiger partial charge in [-0.15, -0.1) is 0 Å². The van der Waals surface area contributed by atoms with E-state index in [2.05, 4.69) is 27.7 Å². The lowest BCUT2D eigenvalue weighted by molar-refractivity contribution is -0.144. The van der Waals surface area contributed by atoms with Gasteiger partial charge in [0.2, 0.25) is 0 Å². The molecule has 0 aliphatic heterocycles. The molecule has 1 atom stereocenters. The van der Waals surface area contributed by atoms with E-state index in [0.29, 0.717) is 32.0 Å². The van der Waals surface area contributed by atoms with Crippen molar-refractivity contribution in [1.82, 2.24) is 0 Å². The molecule has 208 valence electrons. The number of rotatable bonds is 26. The van der Waals surface area contributed by atoms with Crippen LogP contribution in [0.3, 0.4) is 0 Å². The van der Waals surface area contributed by atoms with Crippen LogP contribution in [0, 0.1) is 11.8 Å². The highest BCUT2D eigenvalue weighted by Gasteiger charge is 2.08. The largest absolute Gasteiger partial charge is 0.466 e. The first kappa shape index (κ1) is 33.9. The van der Waals surface area contributed by atoms with Crippen LogP contribution in [0.4, 0.5) is 0 Å². The predicted octanol–water partition coefficient (Wildman–Crippen LogP) is 9.58. The molecular weight excluding hydrogens is 436 g/mol. The average Bonchev–Trinajstić information content (AvgIpc) is 2.81. The third kappa shape index (κ3) is 27.4. The number of esters is 2. The predicted molar refractivity (Wildman–Crippen MR) is 149 cm³/mol. The Morgan fingerprint density at radius 3 is 1.49 bits per heavy atom. The van der Waals surface area contributed by atoms with E-state index in [1.807, 2.05) is 0 Å². The number of unbranched alkanes of at least 4 members (excludes halogenated alkanes) is 13. The van der Waals surface area contributed by atoms with Gasteiger partial charge in [-0.25, -0.2) is 0 Å². The van der Waals surface area contributed by atoms with Crippen molar-refractivity contribution in [3.05, 3.63) is 0 Å². The van der Waals surface area contributed by atoms with Gasteiger partial charge in [0.25, 0.3) is 0 Å². The molecular formula is C31H60O4. The topological polar surface area (TPSA) is 52.6 Å². The monoisotopic (exact) mass is 496 g/mol. The maximum Gasteiger partial charge on any atom is 0.305 e. The number of ether oxygens (including phenoxy) is 2. The zero-order valence-corrected chi connectivity index (χ0v) is 24.1. The van der Waals surface area contributed by atoms with Crippen molar-refractivity contribution in [2.45, 2.75) is 163 Å². The molecule has 0 aliphatic carbocycles. The van der Waals surface area contributed by atoms with Crippen LogP contribution in [0.5, 0.6) is 0 Å². The van der Waals surface area contributed by atoms with Crippen LogP contribution in [-0.2, 0) is 19.1 Å². The second kappa shape index (κ2) is 26.0. The molecule has 1 unspecified atom stereocenters. The smallest absolute Gasteiger partial charge is 0.305 e. The van der Waals surface area contributed by atoms with Crippen LogP contribution >= 0.6 is 0 Å². The second-order valence-electron chi connectivity index (χ2n) is 11.1. The van der Waals surface area contributed by atoms with Gasteiger partial charge in [0.05, 0.1) is 13.2 Å². The Morgan fingerprint density at radius 2 is 0.971 bits per heavy atom. The van der Waals surface area contributed by atoms with E-state index in [1.54, 1.807) is 0 Å². The lowest BCUT2D eigenvalue weighted by atomic mass is 9.98. The van der Waals surface area contributed by atoms with Crippen LogP contribution in [0.25, 0.3) is 0 Å². The second-order valence-corrected chi connectivity index (χ2v) is 11.1. The van der Waals surface area contributed by atoms with Gasteiger partial charge >= 0.3 is 11.9 Å². The van der Waals surface area contributed by atoms with E-state index in [9.17, 15) is 9.59 Å². The summed E-state index contributed by atoms with van der Waals surface area (Å²) in [5, 5.41) is 0. The van der Waals surface area contributed by atoms with Crippen molar-refractivity contribution >= 4 is 11.9 Å². The Hall–Kier alpha value is -1.06. The summed E-state index contributed by atoms with van der Waals surface area (Å²) >= 11 is 0. The van der Waals surface area contributed by atoms with Gasteiger partial charge in [0, 0.05) is 12.8 Å². The fourth-order valence-corrected chi connectivity index (χ4v) is 4.38. The molecule has 0 N–H and O–H groups in total. The number of hydrogen-bond acceptors (Lipinski definition) is 4. The van der Waals surface area contributed by atoms with Gasteiger partial charge in [-0.1, -0.05) is 124 Å². The average molecular weight is 497 g/mol. The van der Waals surface area contributed by atoms with E-state index in [0.717, 1.165) is 44.4 Å². The normalized spacial score (nSPS) is 12.1. The number of carbonyl (C=O) groups excluding carboxylic acids is 2. The molecule has 4 heteroatoms. The summed E-state index contributed by atoms with van der Waals surface area (Å²) < 4.78 is 10.7. The van der Waals surface area contributed by atoms with E-state index in [-0.39, 0.29) is 11.9 Å². The molecule has 0 rings (SSSR count). The molecule has 0 bridgehead atoms. The van der Waals surface area contributed by atoms with Gasteiger partial charge in [0.15, 0.2) is 0 Å². The summed E-state index contributed by atoms with van der Waals surface area (Å²) in [4.78, 5) is 23.7. The van der Waals surface area contributed by atoms with Crippen LogP contribution in [-0.4, -0.2) is 25.2 Å². The third-order valence-electron chi connectivity index (χ3n) is 6.87. The first-order valence-electron chi connectivity index (χ1n) is 15.3. The van der Waals surface area contributed by atoms with E-state index in [4.69, 9.17) is 9.47 Å². The summed E-state index contributed by atoms with van der Waals surface area (Å²) in [6.45, 7) is 10.1. The first-order chi connectivity index (χ1) is 17.0. The standard InChI is InChI=1S/C31H60O4/c1-5-6-7-8-9-10-11-12-13-14-15-19-26-34-30(32)23-17-16-18-24-31(33)35-27-25-29(4)22-20-21-28(2)3/h28-29H,5-27H2,1-4H3. The van der Waals surface area contributed by atoms with Crippen molar-refractivity contribution in [2.24, 2.45) is 11.8 Å². The van der Waals surface area contributed by atoms with Crippen molar-refractivity contribution in [2.75, 3.05) is 13.2 Å². The molecule has 0 saturated heterocycles. The molecule has 0 saturated carbocycles. The van der Waals surface area contributed by atoms with Gasteiger partial charge in [-0.2, -0.15) is 0 Å². The summed E-state index contributed by atoms with van der Waals surface area (Å²) in [5.41, 5.74) is 0. The summed E-state index contributed by atoms with van der Waals surface area (Å²) in [6, 6.07) is 0. The minimum atomic E-state index is -0.103. The van der Waals surface area contributed by atoms with E-state index >= 15 is 0 Å². The molecule has 35 heavy (non-hydrogen) atoms. The molecule has 0 aromatic carbocycles. The van der Waals surface area contributed by atoms with Gasteiger partial charge in [-0.3, -0.25) is 9.59 Å². The maximum absolute atomic E-state index is 11.9. The quantitative estimate of drug-likeness (QED) is 0.0883. The van der Waals surface area contributed by atoms with Gasteiger partial charge in [0.1, 0.15) is 0 Å². The molecule has 4 nitrogen and oxygen atoms in total. The zero-order valence-electron chi connectivity index (χ0n) is 24.1. The minimum absolute atomic E-state index is 0.0953. The Balaban J connectivity index is 3.36. The molecule has 0 amide bonds. The molecule has 0 spiro atoms. The highest BCUT2D eigenvalue weighted by Crippen LogP contribution is 2.16. The van der Waals surface area contributed by atoms with Crippen molar-refractivity contribution in [1.29, 1.82) is 0 Å². The Bertz CT molecular complexity index is 475. The number of hydrogen-bond donors (Lipinski definition) is 0. The summed E-state index contributed by atoms with van der Waals surface area (Å²) in [7, 11) is 0. The highest BCUT2D eigenvalue weighted by molar-refractivity contribution is 5.69. The van der Waals surface area contributed by atoms with Crippen LogP contribution < -0.4 is 0 Å². The van der Waals surface area contributed by atoms with E-state index < -0.39 is 0 Å². The maximum atomic E-state index is 11.9. The fraction of sp³-hybridized carbons (Fsp3) is 0.935. The number of carbonyl (C=O) groups is 2. The summed E-state index contributed by atoms with van der Waals surface area (Å²) in [6.07, 6.45) is 23.8. The van der Waals surface area contributed by atoms with Gasteiger partial charge in [-0.05, 0) is 37.5 Å². The van der Waals surface area contributed by atoms with Crippen LogP contribution in [0.15, 0.2) is 0 Å². The van der Waals surface area contributed by atoms with Crippen LogP contribution in [0.2, 0.25) is 0 Å². The summed E-state index contributed by atoms with van der Waals surface area (Å²) in [5.74, 6) is 1.18. The minimum Gasteiger partial charge on any atom is -0.466 e. The zero-order chi connectivity index (χ0) is 26.0. The SMILES string of the molecule is CCCCCCCCCCCCCCOC(=O)CCCCCC(=O)OCCC(C)CCCC(C)C. The Morgan fingerprint density at radius 1 is 0.514 bits per heavy atom. The van der Waals surface area contributed by atoms with E-state index in [1.165, 1.54) is 83.5 Å². The Kier molecular flexibility index (Phi) is 25.2. The molecule has 0 fully saturated rings. The first-order valence-corrected chi connectivity index (χ1v) is 15.3. The van der Waals surface area contributed by atoms with Crippen LogP contribution in [0.1, 0.15) is 163 Å². The lowest BCUT2D eigenvalue weighted by Gasteiger charge is -2.12. The lowest BCUT2D eigenvalue weighted by Crippen LogP contribution is -2.09. The molecule has 0 radical (unpaired) electrons.